The first kappa shape index (κ1) is 19.0. The van der Waals surface area contributed by atoms with Gasteiger partial charge in [-0.25, -0.2) is 0 Å². The highest BCUT2D eigenvalue weighted by Crippen LogP contribution is 2.30. The Kier molecular flexibility index (Phi) is 5.91. The molecule has 28 heavy (non-hydrogen) atoms. The Morgan fingerprint density at radius 1 is 1.21 bits per heavy atom. The van der Waals surface area contributed by atoms with Crippen molar-refractivity contribution < 1.29 is 16.8 Å². The largest absolute Gasteiger partial charge is 0.495 e. The van der Waals surface area contributed by atoms with Crippen LogP contribution in [-0.4, -0.2) is 18.7 Å². The molecule has 0 saturated carbocycles. The van der Waals surface area contributed by atoms with E-state index in [-0.39, 0.29) is 26.8 Å². The molecule has 0 unspecified atom stereocenters. The van der Waals surface area contributed by atoms with Gasteiger partial charge in [0.25, 0.3) is 5.91 Å². The number of carbonyl (C=O) groups excluding carboxylic acids is 1. The fourth-order valence-electron chi connectivity index (χ4n) is 2.77. The van der Waals surface area contributed by atoms with E-state index in [1.54, 1.807) is 36.6 Å². The number of hydrogen-bond donors (Lipinski definition) is 3. The fraction of sp³-hybridized carbons (Fsp3) is 0.0909. The second-order valence-electron chi connectivity index (χ2n) is 6.03. The smallest absolute Gasteiger partial charge is 0.255 e. The number of carbonyl (C=O) groups is 1. The van der Waals surface area contributed by atoms with E-state index in [4.69, 9.17) is 20.3 Å². The van der Waals surface area contributed by atoms with Gasteiger partial charge in [-0.3, -0.25) is 4.79 Å². The molecule has 146 valence electrons. The summed E-state index contributed by atoms with van der Waals surface area (Å²) in [5.74, 6) is 0.565. The average molecular weight is 379 g/mol. The summed E-state index contributed by atoms with van der Waals surface area (Å²) in [6.45, 7) is 0.250. The summed E-state index contributed by atoms with van der Waals surface area (Å²) in [7, 11) is 1.45. The molecule has 3 rings (SSSR count). The standard InChI is InChI=1S/C22H21N3O3.2H2/c1-27-21-17(22(26)25-14-16-8-5-13-28-16)10-12-19(24)20(21)18(23)11-9-15-6-3-2-4-7-15;;/h2-13,23H,14,24H2,1H3,(H,25,26);2*1H/b11-9+,23-18?;;. The second-order valence-corrected chi connectivity index (χ2v) is 6.03. The lowest BCUT2D eigenvalue weighted by Gasteiger charge is -2.15. The van der Waals surface area contributed by atoms with Crippen LogP contribution < -0.4 is 15.8 Å². The van der Waals surface area contributed by atoms with E-state index in [1.807, 2.05) is 36.4 Å². The van der Waals surface area contributed by atoms with Crippen LogP contribution in [0.1, 0.15) is 30.1 Å². The minimum absolute atomic E-state index is 0. The predicted octanol–water partition coefficient (Wildman–Crippen LogP) is 4.37. The first-order valence-electron chi connectivity index (χ1n) is 8.69. The molecule has 3 aromatic rings. The number of anilines is 1. The van der Waals surface area contributed by atoms with Crippen LogP contribution >= 0.6 is 0 Å². The van der Waals surface area contributed by atoms with Crippen LogP contribution in [-0.2, 0) is 6.54 Å². The van der Waals surface area contributed by atoms with E-state index in [9.17, 15) is 4.79 Å². The Hall–Kier alpha value is -3.80. The maximum absolute atomic E-state index is 12.6. The zero-order chi connectivity index (χ0) is 19.9. The topological polar surface area (TPSA) is 101 Å². The number of ether oxygens (including phenoxy) is 1. The van der Waals surface area contributed by atoms with Crippen molar-refractivity contribution in [3.05, 3.63) is 89.4 Å². The molecule has 6 nitrogen and oxygen atoms in total. The number of methoxy groups -OCH3 is 1. The Morgan fingerprint density at radius 2 is 2.00 bits per heavy atom. The minimum atomic E-state index is -0.339. The minimum Gasteiger partial charge on any atom is -0.495 e. The van der Waals surface area contributed by atoms with Gasteiger partial charge in [-0.2, -0.15) is 0 Å². The van der Waals surface area contributed by atoms with Gasteiger partial charge in [-0.1, -0.05) is 36.4 Å². The van der Waals surface area contributed by atoms with E-state index in [1.165, 1.54) is 7.11 Å². The molecule has 0 aliphatic heterocycles. The van der Waals surface area contributed by atoms with Gasteiger partial charge in [0, 0.05) is 8.54 Å². The third kappa shape index (κ3) is 4.29. The molecule has 6 heteroatoms. The van der Waals surface area contributed by atoms with Crippen molar-refractivity contribution in [1.29, 1.82) is 5.41 Å². The van der Waals surface area contributed by atoms with Crippen LogP contribution in [0.5, 0.6) is 5.75 Å². The van der Waals surface area contributed by atoms with E-state index in [0.717, 1.165) is 5.56 Å². The molecule has 1 heterocycles. The summed E-state index contributed by atoms with van der Waals surface area (Å²) in [5, 5.41) is 11.2. The predicted molar refractivity (Wildman–Crippen MR) is 114 cm³/mol. The zero-order valence-electron chi connectivity index (χ0n) is 15.4. The quantitative estimate of drug-likeness (QED) is 0.419. The van der Waals surface area contributed by atoms with Gasteiger partial charge in [-0.05, 0) is 35.9 Å². The van der Waals surface area contributed by atoms with Crippen LogP contribution in [0, 0.1) is 5.41 Å². The molecule has 0 spiro atoms. The van der Waals surface area contributed by atoms with Crippen LogP contribution in [0.25, 0.3) is 6.08 Å². The maximum atomic E-state index is 12.6. The highest BCUT2D eigenvalue weighted by atomic mass is 16.5. The Bertz CT molecular complexity index is 1000. The van der Waals surface area contributed by atoms with Crippen molar-refractivity contribution in [2.24, 2.45) is 0 Å². The Labute approximate surface area is 166 Å². The molecule has 2 aromatic carbocycles. The van der Waals surface area contributed by atoms with Crippen molar-refractivity contribution in [1.82, 2.24) is 5.32 Å². The third-order valence-corrected chi connectivity index (χ3v) is 4.15. The summed E-state index contributed by atoms with van der Waals surface area (Å²) < 4.78 is 10.7. The number of nitrogen functional groups attached to an aromatic ring is 1. The van der Waals surface area contributed by atoms with Gasteiger partial charge in [0.1, 0.15) is 11.5 Å². The monoisotopic (exact) mass is 379 g/mol. The number of nitrogens with two attached hydrogens (primary N) is 1. The van der Waals surface area contributed by atoms with E-state index >= 15 is 0 Å². The van der Waals surface area contributed by atoms with Crippen LogP contribution in [0.4, 0.5) is 5.69 Å². The summed E-state index contributed by atoms with van der Waals surface area (Å²) >= 11 is 0. The average Bonchev–Trinajstić information content (AvgIpc) is 3.24. The summed E-state index contributed by atoms with van der Waals surface area (Å²) in [5.41, 5.74) is 8.23. The SMILES string of the molecule is COc1c(C(=O)NCc2ccco2)ccc(N)c1C(=N)/C=C/c1ccccc1.[HH].[HH]. The molecule has 1 amide bonds. The number of amides is 1. The zero-order valence-corrected chi connectivity index (χ0v) is 15.4. The maximum Gasteiger partial charge on any atom is 0.255 e. The molecule has 0 atom stereocenters. The fourth-order valence-corrected chi connectivity index (χ4v) is 2.77. The molecule has 1 aromatic heterocycles. The molecular weight excluding hydrogens is 354 g/mol. The van der Waals surface area contributed by atoms with E-state index in [2.05, 4.69) is 5.32 Å². The highest BCUT2D eigenvalue weighted by Gasteiger charge is 2.20. The van der Waals surface area contributed by atoms with Gasteiger partial charge in [0.2, 0.25) is 0 Å². The third-order valence-electron chi connectivity index (χ3n) is 4.15. The molecule has 4 N–H and O–H groups in total. The van der Waals surface area contributed by atoms with E-state index < -0.39 is 0 Å². The Balaban J connectivity index is 0.00000225. The lowest BCUT2D eigenvalue weighted by Crippen LogP contribution is -2.24. The number of hydrogen-bond acceptors (Lipinski definition) is 5. The molecular formula is C22H25N3O3. The number of rotatable bonds is 7. The van der Waals surface area contributed by atoms with E-state index in [0.29, 0.717) is 22.6 Å². The van der Waals surface area contributed by atoms with Gasteiger partial charge in [0.15, 0.2) is 0 Å². The summed E-state index contributed by atoms with van der Waals surface area (Å²) in [6, 6.07) is 16.3. The van der Waals surface area contributed by atoms with Crippen molar-refractivity contribution in [2.45, 2.75) is 6.54 Å². The van der Waals surface area contributed by atoms with Crippen molar-refractivity contribution in [3.8, 4) is 5.75 Å². The molecule has 0 fully saturated rings. The highest BCUT2D eigenvalue weighted by molar-refractivity contribution is 6.15. The molecule has 0 saturated heterocycles. The van der Waals surface area contributed by atoms with Crippen LogP contribution in [0.2, 0.25) is 0 Å². The first-order valence-corrected chi connectivity index (χ1v) is 8.69. The van der Waals surface area contributed by atoms with Crippen LogP contribution in [0.3, 0.4) is 0 Å². The van der Waals surface area contributed by atoms with Crippen LogP contribution in [0.15, 0.2) is 71.4 Å². The summed E-state index contributed by atoms with van der Waals surface area (Å²) in [6.07, 6.45) is 4.99. The Morgan fingerprint density at radius 3 is 2.68 bits per heavy atom. The van der Waals surface area contributed by atoms with Gasteiger partial charge in [-0.15, -0.1) is 0 Å². The number of furan rings is 1. The number of nitrogens with one attached hydrogen (secondary N) is 2. The van der Waals surface area contributed by atoms with Gasteiger partial charge in [0.05, 0.1) is 36.8 Å². The van der Waals surface area contributed by atoms with Gasteiger partial charge >= 0.3 is 0 Å². The molecule has 0 aliphatic rings. The van der Waals surface area contributed by atoms with Crippen molar-refractivity contribution >= 4 is 23.4 Å². The normalized spacial score (nSPS) is 10.8. The van der Waals surface area contributed by atoms with Crippen molar-refractivity contribution in [3.63, 3.8) is 0 Å². The lowest BCUT2D eigenvalue weighted by molar-refractivity contribution is 0.0945. The first-order chi connectivity index (χ1) is 13.6. The van der Waals surface area contributed by atoms with Crippen molar-refractivity contribution in [2.75, 3.05) is 12.8 Å². The second kappa shape index (κ2) is 8.73. The summed E-state index contributed by atoms with van der Waals surface area (Å²) in [4.78, 5) is 12.6. The lowest BCUT2D eigenvalue weighted by atomic mass is 10.0. The molecule has 0 aliphatic carbocycles. The molecule has 0 radical (unpaired) electrons. The molecule has 0 bridgehead atoms. The number of allylic oxidation sites excluding steroid dienone is 1. The number of benzene rings is 2. The van der Waals surface area contributed by atoms with Gasteiger partial charge < -0.3 is 25.6 Å².